The smallest absolute Gasteiger partial charge is 0.302 e. The van der Waals surface area contributed by atoms with E-state index in [9.17, 15) is 4.79 Å². The van der Waals surface area contributed by atoms with E-state index < -0.39 is 0 Å². The Morgan fingerprint density at radius 3 is 2.62 bits per heavy atom. The van der Waals surface area contributed by atoms with Crippen LogP contribution in [-0.2, 0) is 9.53 Å². The van der Waals surface area contributed by atoms with Crippen molar-refractivity contribution in [3.8, 4) is 0 Å². The van der Waals surface area contributed by atoms with Gasteiger partial charge in [0.2, 0.25) is 0 Å². The van der Waals surface area contributed by atoms with Crippen LogP contribution in [0.2, 0.25) is 0 Å². The molecular formula is C11H18O2. The van der Waals surface area contributed by atoms with Crippen molar-refractivity contribution in [2.24, 2.45) is 17.8 Å². The molecule has 0 aromatic carbocycles. The zero-order chi connectivity index (χ0) is 9.42. The molecule has 0 heterocycles. The summed E-state index contributed by atoms with van der Waals surface area (Å²) in [7, 11) is 0. The molecule has 3 aliphatic rings. The van der Waals surface area contributed by atoms with Gasteiger partial charge in [0, 0.05) is 6.92 Å². The average Bonchev–Trinajstić information content (AvgIpc) is 2.02. The normalized spacial score (nSPS) is 43.2. The van der Waals surface area contributed by atoms with Crippen molar-refractivity contribution in [2.45, 2.75) is 45.6 Å². The Bertz CT molecular complexity index is 212. The molecule has 2 nitrogen and oxygen atoms in total. The number of rotatable bonds is 1. The van der Waals surface area contributed by atoms with Crippen molar-refractivity contribution in [1.29, 1.82) is 0 Å². The number of hydrogen-bond acceptors (Lipinski definition) is 2. The van der Waals surface area contributed by atoms with Gasteiger partial charge in [0.05, 0.1) is 0 Å². The Balaban J connectivity index is 2.01. The first kappa shape index (κ1) is 9.04. The lowest BCUT2D eigenvalue weighted by Crippen LogP contribution is -2.42. The maximum atomic E-state index is 10.9. The molecule has 2 heteroatoms. The summed E-state index contributed by atoms with van der Waals surface area (Å²) in [5.74, 6) is 2.12. The zero-order valence-electron chi connectivity index (χ0n) is 8.45. The standard InChI is InChI=1S/C11H18O2/c1-7-5-9-3-4-10(7)11(6-9)13-8(2)12/h7,9-11H,3-6H2,1-2H3/t7-,9-,10+,11-/m1/s1. The van der Waals surface area contributed by atoms with Crippen molar-refractivity contribution < 1.29 is 9.53 Å². The van der Waals surface area contributed by atoms with Crippen LogP contribution in [0.1, 0.15) is 39.5 Å². The van der Waals surface area contributed by atoms with Crippen LogP contribution in [0.4, 0.5) is 0 Å². The molecule has 0 spiro atoms. The largest absolute Gasteiger partial charge is 0.462 e. The van der Waals surface area contributed by atoms with Crippen LogP contribution in [0.5, 0.6) is 0 Å². The van der Waals surface area contributed by atoms with E-state index in [0.29, 0.717) is 5.92 Å². The summed E-state index contributed by atoms with van der Waals surface area (Å²) in [5.41, 5.74) is 0. The van der Waals surface area contributed by atoms with E-state index in [1.54, 1.807) is 0 Å². The summed E-state index contributed by atoms with van der Waals surface area (Å²) in [6.07, 6.45) is 5.33. The quantitative estimate of drug-likeness (QED) is 0.582. The molecule has 3 aliphatic carbocycles. The van der Waals surface area contributed by atoms with Gasteiger partial charge in [-0.1, -0.05) is 6.92 Å². The molecule has 4 atom stereocenters. The topological polar surface area (TPSA) is 26.3 Å². The van der Waals surface area contributed by atoms with Crippen LogP contribution in [0.25, 0.3) is 0 Å². The average molecular weight is 182 g/mol. The van der Waals surface area contributed by atoms with Gasteiger partial charge in [0.25, 0.3) is 0 Å². The molecule has 3 rings (SSSR count). The van der Waals surface area contributed by atoms with Crippen LogP contribution in [0.15, 0.2) is 0 Å². The third kappa shape index (κ3) is 1.72. The predicted octanol–water partition coefficient (Wildman–Crippen LogP) is 2.37. The number of carbonyl (C=O) groups excluding carboxylic acids is 1. The molecule has 74 valence electrons. The first-order valence-electron chi connectivity index (χ1n) is 5.34. The Labute approximate surface area is 79.7 Å². The van der Waals surface area contributed by atoms with E-state index in [0.717, 1.165) is 18.3 Å². The Hall–Kier alpha value is -0.530. The number of esters is 1. The molecular weight excluding hydrogens is 164 g/mol. The highest BCUT2D eigenvalue weighted by Crippen LogP contribution is 2.45. The van der Waals surface area contributed by atoms with E-state index in [1.165, 1.54) is 26.2 Å². The highest BCUT2D eigenvalue weighted by atomic mass is 16.5. The van der Waals surface area contributed by atoms with Crippen LogP contribution in [-0.4, -0.2) is 12.1 Å². The number of ether oxygens (including phenoxy) is 1. The molecule has 0 aromatic rings. The summed E-state index contributed by atoms with van der Waals surface area (Å²) in [5, 5.41) is 0. The molecule has 0 saturated heterocycles. The lowest BCUT2D eigenvalue weighted by molar-refractivity contribution is -0.157. The van der Waals surface area contributed by atoms with Gasteiger partial charge in [-0.15, -0.1) is 0 Å². The van der Waals surface area contributed by atoms with Gasteiger partial charge in [0.15, 0.2) is 0 Å². The van der Waals surface area contributed by atoms with E-state index in [1.807, 2.05) is 0 Å². The van der Waals surface area contributed by atoms with Gasteiger partial charge in [0.1, 0.15) is 6.10 Å². The van der Waals surface area contributed by atoms with Crippen molar-refractivity contribution in [3.05, 3.63) is 0 Å². The Morgan fingerprint density at radius 2 is 2.08 bits per heavy atom. The second kappa shape index (κ2) is 3.32. The highest BCUT2D eigenvalue weighted by Gasteiger charge is 2.41. The maximum Gasteiger partial charge on any atom is 0.302 e. The molecule has 3 saturated carbocycles. The van der Waals surface area contributed by atoms with Crippen LogP contribution >= 0.6 is 0 Å². The lowest BCUT2D eigenvalue weighted by Gasteiger charge is -2.45. The minimum Gasteiger partial charge on any atom is -0.462 e. The molecule has 13 heavy (non-hydrogen) atoms. The monoisotopic (exact) mass is 182 g/mol. The van der Waals surface area contributed by atoms with E-state index in [-0.39, 0.29) is 12.1 Å². The van der Waals surface area contributed by atoms with Gasteiger partial charge in [-0.2, -0.15) is 0 Å². The van der Waals surface area contributed by atoms with Crippen molar-refractivity contribution in [3.63, 3.8) is 0 Å². The summed E-state index contributed by atoms with van der Waals surface area (Å²) in [6.45, 7) is 3.82. The summed E-state index contributed by atoms with van der Waals surface area (Å²) in [6, 6.07) is 0. The minimum atomic E-state index is -0.107. The van der Waals surface area contributed by atoms with Crippen LogP contribution < -0.4 is 0 Å². The zero-order valence-corrected chi connectivity index (χ0v) is 8.45. The second-order valence-electron chi connectivity index (χ2n) is 4.70. The number of fused-ring (bicyclic) bond motifs is 3. The lowest BCUT2D eigenvalue weighted by atomic mass is 9.64. The maximum absolute atomic E-state index is 10.9. The number of hydrogen-bond donors (Lipinski definition) is 0. The van der Waals surface area contributed by atoms with Crippen LogP contribution in [0, 0.1) is 17.8 Å². The van der Waals surface area contributed by atoms with Crippen molar-refractivity contribution >= 4 is 5.97 Å². The summed E-state index contributed by atoms with van der Waals surface area (Å²) >= 11 is 0. The van der Waals surface area contributed by atoms with E-state index >= 15 is 0 Å². The molecule has 0 aromatic heterocycles. The fourth-order valence-electron chi connectivity index (χ4n) is 3.15. The van der Waals surface area contributed by atoms with E-state index in [4.69, 9.17) is 4.74 Å². The summed E-state index contributed by atoms with van der Waals surface area (Å²) in [4.78, 5) is 10.9. The number of carbonyl (C=O) groups is 1. The predicted molar refractivity (Wildman–Crippen MR) is 50.2 cm³/mol. The van der Waals surface area contributed by atoms with Gasteiger partial charge >= 0.3 is 5.97 Å². The molecule has 0 unspecified atom stereocenters. The fourth-order valence-corrected chi connectivity index (χ4v) is 3.15. The highest BCUT2D eigenvalue weighted by molar-refractivity contribution is 5.66. The van der Waals surface area contributed by atoms with Gasteiger partial charge in [-0.3, -0.25) is 4.79 Å². The van der Waals surface area contributed by atoms with Crippen molar-refractivity contribution in [2.75, 3.05) is 0 Å². The Kier molecular flexibility index (Phi) is 2.31. The first-order chi connectivity index (χ1) is 6.16. The Morgan fingerprint density at radius 1 is 1.31 bits per heavy atom. The van der Waals surface area contributed by atoms with E-state index in [2.05, 4.69) is 6.92 Å². The van der Waals surface area contributed by atoms with Gasteiger partial charge in [-0.05, 0) is 43.4 Å². The minimum absolute atomic E-state index is 0.107. The first-order valence-corrected chi connectivity index (χ1v) is 5.34. The molecule has 0 amide bonds. The second-order valence-corrected chi connectivity index (χ2v) is 4.70. The third-order valence-corrected chi connectivity index (χ3v) is 3.70. The molecule has 3 fully saturated rings. The molecule has 2 bridgehead atoms. The molecule has 0 radical (unpaired) electrons. The van der Waals surface area contributed by atoms with Gasteiger partial charge in [-0.25, -0.2) is 0 Å². The van der Waals surface area contributed by atoms with Crippen LogP contribution in [0.3, 0.4) is 0 Å². The SMILES string of the molecule is CC(=O)O[C@@H]1C[C@@H]2CC[C@H]1[C@H](C)C2. The molecule has 0 N–H and O–H groups in total. The molecule has 0 aliphatic heterocycles. The van der Waals surface area contributed by atoms with Crippen molar-refractivity contribution in [1.82, 2.24) is 0 Å². The summed E-state index contributed by atoms with van der Waals surface area (Å²) < 4.78 is 5.36. The third-order valence-electron chi connectivity index (χ3n) is 3.70. The van der Waals surface area contributed by atoms with Gasteiger partial charge < -0.3 is 4.74 Å². The fraction of sp³-hybridized carbons (Fsp3) is 0.909.